The lowest BCUT2D eigenvalue weighted by atomic mass is 10.3. The molecule has 0 saturated heterocycles. The van der Waals surface area contributed by atoms with E-state index in [0.29, 0.717) is 28.4 Å². The lowest BCUT2D eigenvalue weighted by Gasteiger charge is -2.04. The smallest absolute Gasteiger partial charge is 0.408 e. The van der Waals surface area contributed by atoms with Crippen LogP contribution in [-0.2, 0) is 13.6 Å². The topological polar surface area (TPSA) is 79.0 Å². The summed E-state index contributed by atoms with van der Waals surface area (Å²) in [6.45, 7) is 2.12. The summed E-state index contributed by atoms with van der Waals surface area (Å²) >= 11 is 6.21. The summed E-state index contributed by atoms with van der Waals surface area (Å²) < 4.78 is 8.37. The number of nitrogens with zero attached hydrogens (tertiary/aromatic N) is 3. The van der Waals surface area contributed by atoms with E-state index in [9.17, 15) is 4.79 Å². The van der Waals surface area contributed by atoms with Crippen molar-refractivity contribution in [1.82, 2.24) is 14.3 Å². The molecule has 7 heteroatoms. The third kappa shape index (κ3) is 1.89. The average molecular weight is 293 g/mol. The molecule has 6 nitrogen and oxygen atoms in total. The molecule has 3 rings (SSSR count). The molecule has 0 bridgehead atoms. The fourth-order valence-corrected chi connectivity index (χ4v) is 2.45. The second kappa shape index (κ2) is 4.42. The molecule has 0 fully saturated rings. The first-order valence-electron chi connectivity index (χ1n) is 6.04. The van der Waals surface area contributed by atoms with Crippen LogP contribution in [0.2, 0.25) is 5.02 Å². The Hall–Kier alpha value is -2.21. The van der Waals surface area contributed by atoms with Crippen molar-refractivity contribution >= 4 is 28.4 Å². The zero-order valence-electron chi connectivity index (χ0n) is 11.1. The predicted molar refractivity (Wildman–Crippen MR) is 76.9 cm³/mol. The Kier molecular flexibility index (Phi) is 2.83. The number of oxazole rings is 1. The van der Waals surface area contributed by atoms with Crippen LogP contribution in [0.1, 0.15) is 11.4 Å². The summed E-state index contributed by atoms with van der Waals surface area (Å²) in [6.07, 6.45) is 0. The van der Waals surface area contributed by atoms with Gasteiger partial charge in [0.25, 0.3) is 0 Å². The van der Waals surface area contributed by atoms with Crippen molar-refractivity contribution in [2.24, 2.45) is 7.05 Å². The number of hydrogen-bond acceptors (Lipinski definition) is 4. The van der Waals surface area contributed by atoms with Gasteiger partial charge < -0.3 is 10.2 Å². The molecule has 2 N–H and O–H groups in total. The first kappa shape index (κ1) is 12.8. The van der Waals surface area contributed by atoms with Crippen molar-refractivity contribution in [1.29, 1.82) is 0 Å². The maximum absolute atomic E-state index is 12.0. The zero-order valence-corrected chi connectivity index (χ0v) is 11.8. The molecule has 1 aromatic carbocycles. The summed E-state index contributed by atoms with van der Waals surface area (Å²) in [7, 11) is 1.79. The maximum atomic E-state index is 12.0. The highest BCUT2D eigenvalue weighted by molar-refractivity contribution is 6.31. The van der Waals surface area contributed by atoms with Gasteiger partial charge in [-0.2, -0.15) is 5.10 Å². The van der Waals surface area contributed by atoms with Gasteiger partial charge in [0.15, 0.2) is 5.58 Å². The van der Waals surface area contributed by atoms with Crippen LogP contribution in [-0.4, -0.2) is 14.3 Å². The monoisotopic (exact) mass is 292 g/mol. The highest BCUT2D eigenvalue weighted by atomic mass is 35.5. The van der Waals surface area contributed by atoms with Gasteiger partial charge in [0.2, 0.25) is 0 Å². The summed E-state index contributed by atoms with van der Waals surface area (Å²) in [5.74, 6) is -0.444. The predicted octanol–water partition coefficient (Wildman–Crippen LogP) is 1.92. The number of nitrogen functional groups attached to an aromatic ring is 1. The van der Waals surface area contributed by atoms with E-state index >= 15 is 0 Å². The molecule has 0 spiro atoms. The Bertz CT molecular complexity index is 859. The standard InChI is InChI=1S/C13H13ClN4O2/c1-7-12(14)10(17(2)16-7)6-18-9-4-3-8(15)5-11(9)20-13(18)19/h3-5H,6,15H2,1-2H3. The molecular weight excluding hydrogens is 280 g/mol. The van der Waals surface area contributed by atoms with E-state index in [1.54, 1.807) is 29.9 Å². The Morgan fingerprint density at radius 1 is 1.45 bits per heavy atom. The molecule has 0 aliphatic carbocycles. The number of anilines is 1. The third-order valence-electron chi connectivity index (χ3n) is 3.26. The van der Waals surface area contributed by atoms with Crippen molar-refractivity contribution in [3.8, 4) is 0 Å². The quantitative estimate of drug-likeness (QED) is 0.732. The summed E-state index contributed by atoms with van der Waals surface area (Å²) in [5.41, 5.74) is 8.86. The van der Waals surface area contributed by atoms with Crippen LogP contribution >= 0.6 is 11.6 Å². The molecule has 20 heavy (non-hydrogen) atoms. The molecule has 2 aromatic heterocycles. The minimum Gasteiger partial charge on any atom is -0.408 e. The van der Waals surface area contributed by atoms with Gasteiger partial charge in [0.1, 0.15) is 0 Å². The van der Waals surface area contributed by atoms with Crippen molar-refractivity contribution in [2.45, 2.75) is 13.5 Å². The Balaban J connectivity index is 2.16. The van der Waals surface area contributed by atoms with E-state index in [4.69, 9.17) is 21.8 Å². The van der Waals surface area contributed by atoms with Gasteiger partial charge in [-0.3, -0.25) is 9.25 Å². The van der Waals surface area contributed by atoms with Crippen molar-refractivity contribution in [3.63, 3.8) is 0 Å². The molecule has 104 valence electrons. The number of halogens is 1. The van der Waals surface area contributed by atoms with Crippen LogP contribution in [0.5, 0.6) is 0 Å². The number of aryl methyl sites for hydroxylation is 2. The molecule has 0 atom stereocenters. The largest absolute Gasteiger partial charge is 0.420 e. The van der Waals surface area contributed by atoms with Gasteiger partial charge in [0.05, 0.1) is 28.5 Å². The van der Waals surface area contributed by atoms with Crippen molar-refractivity contribution in [2.75, 3.05) is 5.73 Å². The number of aromatic nitrogens is 3. The zero-order chi connectivity index (χ0) is 14.4. The molecule has 3 aromatic rings. The summed E-state index contributed by atoms with van der Waals surface area (Å²) in [4.78, 5) is 12.0. The van der Waals surface area contributed by atoms with E-state index in [2.05, 4.69) is 5.10 Å². The van der Waals surface area contributed by atoms with Gasteiger partial charge >= 0.3 is 5.76 Å². The van der Waals surface area contributed by atoms with Gasteiger partial charge in [-0.15, -0.1) is 0 Å². The number of fused-ring (bicyclic) bond motifs is 1. The highest BCUT2D eigenvalue weighted by Gasteiger charge is 2.16. The SMILES string of the molecule is Cc1nn(C)c(Cn2c(=O)oc3cc(N)ccc32)c1Cl. The Labute approximate surface area is 119 Å². The lowest BCUT2D eigenvalue weighted by molar-refractivity contribution is 0.511. The molecular formula is C13H13ClN4O2. The Morgan fingerprint density at radius 2 is 2.20 bits per heavy atom. The number of nitrogens with two attached hydrogens (primary N) is 1. The molecule has 2 heterocycles. The van der Waals surface area contributed by atoms with Gasteiger partial charge in [-0.1, -0.05) is 11.6 Å². The number of benzene rings is 1. The van der Waals surface area contributed by atoms with E-state index in [1.807, 2.05) is 6.92 Å². The van der Waals surface area contributed by atoms with Crippen molar-refractivity contribution < 1.29 is 4.42 Å². The Morgan fingerprint density at radius 3 is 2.85 bits per heavy atom. The fraction of sp³-hybridized carbons (Fsp3) is 0.231. The highest BCUT2D eigenvalue weighted by Crippen LogP contribution is 2.22. The van der Waals surface area contributed by atoms with Crippen molar-refractivity contribution in [3.05, 3.63) is 45.2 Å². The van der Waals surface area contributed by atoms with Gasteiger partial charge in [-0.25, -0.2) is 4.79 Å². The van der Waals surface area contributed by atoms with Crippen LogP contribution < -0.4 is 11.5 Å². The third-order valence-corrected chi connectivity index (χ3v) is 3.75. The van der Waals surface area contributed by atoms with E-state index in [-0.39, 0.29) is 0 Å². The maximum Gasteiger partial charge on any atom is 0.420 e. The summed E-state index contributed by atoms with van der Waals surface area (Å²) in [5, 5.41) is 4.79. The van der Waals surface area contributed by atoms with Crippen LogP contribution in [0.15, 0.2) is 27.4 Å². The second-order valence-electron chi connectivity index (χ2n) is 4.65. The normalized spacial score (nSPS) is 11.3. The second-order valence-corrected chi connectivity index (χ2v) is 5.03. The average Bonchev–Trinajstić information content (AvgIpc) is 2.81. The number of rotatable bonds is 2. The first-order valence-corrected chi connectivity index (χ1v) is 6.42. The van der Waals surface area contributed by atoms with Crippen LogP contribution in [0, 0.1) is 6.92 Å². The number of hydrogen-bond donors (Lipinski definition) is 1. The first-order chi connectivity index (χ1) is 9.47. The summed E-state index contributed by atoms with van der Waals surface area (Å²) in [6, 6.07) is 5.11. The minimum absolute atomic E-state index is 0.298. The molecule has 0 saturated carbocycles. The van der Waals surface area contributed by atoms with Crippen LogP contribution in [0.25, 0.3) is 11.1 Å². The molecule has 0 radical (unpaired) electrons. The molecule has 0 amide bonds. The van der Waals surface area contributed by atoms with Gasteiger partial charge in [-0.05, 0) is 19.1 Å². The van der Waals surface area contributed by atoms with E-state index in [0.717, 1.165) is 11.4 Å². The molecule has 0 aliphatic rings. The van der Waals surface area contributed by atoms with Crippen LogP contribution in [0.4, 0.5) is 5.69 Å². The van der Waals surface area contributed by atoms with Gasteiger partial charge in [0, 0.05) is 18.8 Å². The molecule has 0 unspecified atom stereocenters. The van der Waals surface area contributed by atoms with E-state index in [1.165, 1.54) is 4.57 Å². The van der Waals surface area contributed by atoms with E-state index < -0.39 is 5.76 Å². The minimum atomic E-state index is -0.444. The van der Waals surface area contributed by atoms with Crippen LogP contribution in [0.3, 0.4) is 0 Å². The lowest BCUT2D eigenvalue weighted by Crippen LogP contribution is -2.17. The molecule has 0 aliphatic heterocycles. The fourth-order valence-electron chi connectivity index (χ4n) is 2.23.